The zero-order valence-corrected chi connectivity index (χ0v) is 15.0. The molecule has 9 heteroatoms. The second-order valence-electron chi connectivity index (χ2n) is 4.94. The van der Waals surface area contributed by atoms with Crippen LogP contribution in [0, 0.1) is 10.1 Å². The first-order valence-corrected chi connectivity index (χ1v) is 9.40. The van der Waals surface area contributed by atoms with Crippen LogP contribution < -0.4 is 10.0 Å². The van der Waals surface area contributed by atoms with Crippen LogP contribution in [0.5, 0.6) is 0 Å². The number of non-ortho nitro benzene ring substituents is 1. The topological polar surface area (TPSA) is 101 Å². The van der Waals surface area contributed by atoms with Crippen molar-refractivity contribution in [2.45, 2.75) is 11.3 Å². The van der Waals surface area contributed by atoms with E-state index >= 15 is 0 Å². The smallest absolute Gasteiger partial charge is 0.269 e. The number of sulfonamides is 1. The quantitative estimate of drug-likeness (QED) is 0.393. The van der Waals surface area contributed by atoms with Crippen LogP contribution in [0.4, 0.5) is 11.4 Å². The highest BCUT2D eigenvalue weighted by Crippen LogP contribution is 2.16. The van der Waals surface area contributed by atoms with E-state index < -0.39 is 14.9 Å². The molecular weight excluding hydrogens is 398 g/mol. The SMILES string of the molecule is O=[N+]([O-])c1ccc(NCCCNS(=O)(=O)c2ccc(Br)cc2)cc1. The Hall–Kier alpha value is -1.97. The molecule has 2 aromatic rings. The Morgan fingerprint density at radius 2 is 1.62 bits per heavy atom. The predicted octanol–water partition coefficient (Wildman–Crippen LogP) is 3.14. The fourth-order valence-electron chi connectivity index (χ4n) is 1.93. The number of halogens is 1. The number of nitro groups is 1. The Bertz CT molecular complexity index is 792. The molecule has 2 aromatic carbocycles. The van der Waals surface area contributed by atoms with E-state index in [1.807, 2.05) is 0 Å². The highest BCUT2D eigenvalue weighted by atomic mass is 79.9. The molecule has 0 aliphatic rings. The van der Waals surface area contributed by atoms with Crippen LogP contribution in [0.25, 0.3) is 0 Å². The van der Waals surface area contributed by atoms with Crippen molar-refractivity contribution in [3.05, 3.63) is 63.1 Å². The number of nitrogens with one attached hydrogen (secondary N) is 2. The maximum Gasteiger partial charge on any atom is 0.269 e. The molecule has 0 bridgehead atoms. The van der Waals surface area contributed by atoms with E-state index in [0.717, 1.165) is 10.2 Å². The van der Waals surface area contributed by atoms with E-state index in [1.54, 1.807) is 24.3 Å². The standard InChI is InChI=1S/C15H16BrN3O4S/c16-12-2-8-15(9-3-12)24(22,23)18-11-1-10-17-13-4-6-14(7-5-13)19(20)21/h2-9,17-18H,1,10-11H2. The zero-order valence-electron chi connectivity index (χ0n) is 12.6. The van der Waals surface area contributed by atoms with Crippen molar-refractivity contribution < 1.29 is 13.3 Å². The van der Waals surface area contributed by atoms with Crippen LogP contribution >= 0.6 is 15.9 Å². The van der Waals surface area contributed by atoms with Crippen molar-refractivity contribution in [2.75, 3.05) is 18.4 Å². The maximum atomic E-state index is 12.1. The predicted molar refractivity (Wildman–Crippen MR) is 95.5 cm³/mol. The van der Waals surface area contributed by atoms with Crippen LogP contribution in [0.2, 0.25) is 0 Å². The summed E-state index contributed by atoms with van der Waals surface area (Å²) in [6.45, 7) is 0.832. The summed E-state index contributed by atoms with van der Waals surface area (Å²) in [5.41, 5.74) is 0.777. The molecule has 0 radical (unpaired) electrons. The van der Waals surface area contributed by atoms with Gasteiger partial charge in [-0.2, -0.15) is 0 Å². The van der Waals surface area contributed by atoms with E-state index in [1.165, 1.54) is 24.3 Å². The summed E-state index contributed by atoms with van der Waals surface area (Å²) in [4.78, 5) is 10.3. The minimum absolute atomic E-state index is 0.0304. The van der Waals surface area contributed by atoms with Crippen molar-refractivity contribution in [1.82, 2.24) is 4.72 Å². The number of rotatable bonds is 8. The summed E-state index contributed by atoms with van der Waals surface area (Å²) in [7, 11) is -3.51. The van der Waals surface area contributed by atoms with Gasteiger partial charge in [-0.25, -0.2) is 13.1 Å². The van der Waals surface area contributed by atoms with E-state index in [4.69, 9.17) is 0 Å². The third kappa shape index (κ3) is 5.29. The second-order valence-corrected chi connectivity index (χ2v) is 7.62. The lowest BCUT2D eigenvalue weighted by Crippen LogP contribution is -2.26. The lowest BCUT2D eigenvalue weighted by atomic mass is 10.3. The van der Waals surface area contributed by atoms with Crippen LogP contribution in [0.3, 0.4) is 0 Å². The number of hydrogen-bond donors (Lipinski definition) is 2. The monoisotopic (exact) mass is 413 g/mol. The van der Waals surface area contributed by atoms with Crippen LogP contribution in [0.1, 0.15) is 6.42 Å². The first kappa shape index (κ1) is 18.4. The maximum absolute atomic E-state index is 12.1. The van der Waals surface area contributed by atoms with Gasteiger partial charge in [-0.3, -0.25) is 10.1 Å². The average molecular weight is 414 g/mol. The summed E-state index contributed by atoms with van der Waals surface area (Å²) >= 11 is 3.26. The lowest BCUT2D eigenvalue weighted by molar-refractivity contribution is -0.384. The van der Waals surface area contributed by atoms with Crippen LogP contribution in [0.15, 0.2) is 57.9 Å². The molecule has 0 aromatic heterocycles. The molecule has 0 saturated heterocycles. The van der Waals surface area contributed by atoms with E-state index in [0.29, 0.717) is 19.5 Å². The molecule has 0 aliphatic heterocycles. The molecule has 128 valence electrons. The molecule has 2 N–H and O–H groups in total. The highest BCUT2D eigenvalue weighted by Gasteiger charge is 2.12. The van der Waals surface area contributed by atoms with Gasteiger partial charge in [0, 0.05) is 35.4 Å². The molecule has 0 spiro atoms. The molecule has 0 atom stereocenters. The summed E-state index contributed by atoms with van der Waals surface area (Å²) in [5.74, 6) is 0. The van der Waals surface area contributed by atoms with Gasteiger partial charge in [0.05, 0.1) is 9.82 Å². The summed E-state index contributed by atoms with van der Waals surface area (Å²) in [5, 5.41) is 13.6. The Morgan fingerprint density at radius 3 is 2.21 bits per heavy atom. The molecule has 0 saturated carbocycles. The fourth-order valence-corrected chi connectivity index (χ4v) is 3.26. The van der Waals surface area contributed by atoms with Gasteiger partial charge in [0.2, 0.25) is 10.0 Å². The molecule has 0 fully saturated rings. The number of hydrogen-bond acceptors (Lipinski definition) is 5. The summed E-state index contributed by atoms with van der Waals surface area (Å²) in [6, 6.07) is 12.5. The van der Waals surface area contributed by atoms with Crippen molar-refractivity contribution in [1.29, 1.82) is 0 Å². The molecule has 0 amide bonds. The molecule has 7 nitrogen and oxygen atoms in total. The van der Waals surface area contributed by atoms with Gasteiger partial charge in [-0.1, -0.05) is 15.9 Å². The zero-order chi connectivity index (χ0) is 17.6. The molecular formula is C15H16BrN3O4S. The van der Waals surface area contributed by atoms with Crippen molar-refractivity contribution in [2.24, 2.45) is 0 Å². The van der Waals surface area contributed by atoms with E-state index in [9.17, 15) is 18.5 Å². The molecule has 0 unspecified atom stereocenters. The van der Waals surface area contributed by atoms with Crippen LogP contribution in [-0.4, -0.2) is 26.4 Å². The first-order chi connectivity index (χ1) is 11.4. The third-order valence-electron chi connectivity index (χ3n) is 3.18. The van der Waals surface area contributed by atoms with Gasteiger partial charge in [-0.05, 0) is 42.8 Å². The van der Waals surface area contributed by atoms with Crippen molar-refractivity contribution >= 4 is 37.3 Å². The lowest BCUT2D eigenvalue weighted by Gasteiger charge is -2.08. The Kier molecular flexibility index (Phi) is 6.29. The molecule has 0 heterocycles. The van der Waals surface area contributed by atoms with E-state index in [2.05, 4.69) is 26.0 Å². The third-order valence-corrected chi connectivity index (χ3v) is 5.18. The number of benzene rings is 2. The normalized spacial score (nSPS) is 11.2. The first-order valence-electron chi connectivity index (χ1n) is 7.12. The fraction of sp³-hybridized carbons (Fsp3) is 0.200. The summed E-state index contributed by atoms with van der Waals surface area (Å²) < 4.78 is 27.5. The second kappa shape index (κ2) is 8.22. The van der Waals surface area contributed by atoms with Gasteiger partial charge < -0.3 is 5.32 Å². The molecule has 0 aliphatic carbocycles. The van der Waals surface area contributed by atoms with Gasteiger partial charge in [0.25, 0.3) is 5.69 Å². The number of nitro benzene ring substituents is 1. The Morgan fingerprint density at radius 1 is 1.00 bits per heavy atom. The van der Waals surface area contributed by atoms with E-state index in [-0.39, 0.29) is 10.6 Å². The van der Waals surface area contributed by atoms with Gasteiger partial charge in [0.15, 0.2) is 0 Å². The molecule has 24 heavy (non-hydrogen) atoms. The number of anilines is 1. The summed E-state index contributed by atoms with van der Waals surface area (Å²) in [6.07, 6.45) is 0.576. The largest absolute Gasteiger partial charge is 0.385 e. The highest BCUT2D eigenvalue weighted by molar-refractivity contribution is 9.10. The molecule has 2 rings (SSSR count). The van der Waals surface area contributed by atoms with Gasteiger partial charge in [-0.15, -0.1) is 0 Å². The van der Waals surface area contributed by atoms with Crippen molar-refractivity contribution in [3.63, 3.8) is 0 Å². The average Bonchev–Trinajstić information content (AvgIpc) is 2.55. The Labute approximate surface area is 148 Å². The number of nitrogens with zero attached hydrogens (tertiary/aromatic N) is 1. The minimum atomic E-state index is -3.51. The van der Waals surface area contributed by atoms with Gasteiger partial charge >= 0.3 is 0 Å². The van der Waals surface area contributed by atoms with Gasteiger partial charge in [0.1, 0.15) is 0 Å². The Balaban J connectivity index is 1.76. The minimum Gasteiger partial charge on any atom is -0.385 e. The van der Waals surface area contributed by atoms with Crippen LogP contribution in [-0.2, 0) is 10.0 Å². The van der Waals surface area contributed by atoms with Crippen molar-refractivity contribution in [3.8, 4) is 0 Å².